The standard InChI is InChI=1S/2C14H17N5O3.2C14H10O5.Cu.2H2O/c2*1-2-18-8-10(13(21)22)11(20)9-7-16-14(17-12(9)18)19-5-3-15-4-6-19;2*15-13(16)9-1-5-11(6-2-9)19-12-7-3-10(4-8-12)14(17)18;;;/h2*7-8,15H,2-6H2,1H3,(H,21,22);2*1-8H,(H,15,16)(H,17,18);;2*1H2/q;;;;+2;;/p-2. The summed E-state index contributed by atoms with van der Waals surface area (Å²) in [5, 5.41) is 65.6. The number of anilines is 2. The van der Waals surface area contributed by atoms with E-state index in [2.05, 4.69) is 40.4 Å². The second-order valence-corrected chi connectivity index (χ2v) is 17.9. The van der Waals surface area contributed by atoms with Crippen molar-refractivity contribution in [3.8, 4) is 23.0 Å². The fourth-order valence-electron chi connectivity index (χ4n) is 8.23. The van der Waals surface area contributed by atoms with Crippen molar-refractivity contribution in [1.29, 1.82) is 0 Å². The van der Waals surface area contributed by atoms with Gasteiger partial charge in [0.25, 0.3) is 0 Å². The van der Waals surface area contributed by atoms with E-state index in [0.29, 0.717) is 59.3 Å². The first-order valence-electron chi connectivity index (χ1n) is 25.4. The van der Waals surface area contributed by atoms with Crippen molar-refractivity contribution in [1.82, 2.24) is 29.1 Å². The number of carbonyl (C=O) groups is 6. The van der Waals surface area contributed by atoms with Crippen LogP contribution in [0.4, 0.5) is 11.9 Å². The van der Waals surface area contributed by atoms with Crippen LogP contribution in [0.15, 0.2) is 131 Å². The number of aromatic nitrogens is 6. The Balaban J connectivity index is 0.000000241. The van der Waals surface area contributed by atoms with Gasteiger partial charge in [-0.15, -0.1) is 0 Å². The molecule has 6 heterocycles. The first-order valence-corrected chi connectivity index (χ1v) is 25.4. The van der Waals surface area contributed by atoms with Crippen LogP contribution in [0, 0.1) is 0 Å². The van der Waals surface area contributed by atoms with Gasteiger partial charge in [-0.25, -0.2) is 19.6 Å². The number of nitrogens with two attached hydrogens (primary N) is 2. The summed E-state index contributed by atoms with van der Waals surface area (Å²) < 4.78 is 14.2. The van der Waals surface area contributed by atoms with Crippen molar-refractivity contribution < 1.29 is 108 Å². The molecular formula is C56H56CuN10O18. The van der Waals surface area contributed by atoms with Gasteiger partial charge in [0.05, 0.1) is 109 Å². The van der Waals surface area contributed by atoms with Gasteiger partial charge in [-0.1, -0.05) is 0 Å². The first kappa shape index (κ1) is 67.3. The summed E-state index contributed by atoms with van der Waals surface area (Å²) in [7, 11) is 0. The Morgan fingerprint density at radius 1 is 0.482 bits per heavy atom. The molecule has 2 aliphatic rings. The van der Waals surface area contributed by atoms with Crippen molar-refractivity contribution in [2.24, 2.45) is 0 Å². The van der Waals surface area contributed by atoms with E-state index in [9.17, 15) is 58.8 Å². The zero-order chi connectivity index (χ0) is 59.0. The molecule has 4 aromatic carbocycles. The molecule has 85 heavy (non-hydrogen) atoms. The van der Waals surface area contributed by atoms with E-state index in [4.69, 9.17) is 19.7 Å². The topological polar surface area (TPSA) is 452 Å². The number of hydrogen-bond donors (Lipinski definition) is 4. The van der Waals surface area contributed by atoms with Crippen LogP contribution in [0.1, 0.15) is 76.0 Å². The smallest absolute Gasteiger partial charge is 0.545 e. The van der Waals surface area contributed by atoms with Crippen LogP contribution in [0.2, 0.25) is 0 Å². The summed E-state index contributed by atoms with van der Waals surface area (Å²) in [6, 6.07) is 23.3. The molecular weight excluding hydrogens is 1160 g/mol. The van der Waals surface area contributed by atoms with E-state index in [1.54, 1.807) is 9.13 Å². The van der Waals surface area contributed by atoms with Crippen LogP contribution in [-0.2, 0) is 30.2 Å². The molecule has 0 saturated carbocycles. The molecule has 29 heteroatoms. The van der Waals surface area contributed by atoms with Crippen molar-refractivity contribution in [3.05, 3.63) is 176 Å². The van der Waals surface area contributed by atoms with E-state index in [0.717, 1.165) is 52.4 Å². The van der Waals surface area contributed by atoms with Gasteiger partial charge in [-0.05, 0) is 122 Å². The molecule has 0 unspecified atom stereocenters. The summed E-state index contributed by atoms with van der Waals surface area (Å²) in [5.74, 6) is -4.51. The molecule has 449 valence electrons. The number of carbonyl (C=O) groups excluding carboxylic acids is 4. The molecule has 0 amide bonds. The average molecular weight is 1220 g/mol. The number of pyridine rings is 2. The number of ether oxygens (including phenoxy) is 2. The molecule has 0 bridgehead atoms. The van der Waals surface area contributed by atoms with E-state index < -0.39 is 46.7 Å². The molecule has 4 aromatic heterocycles. The predicted molar refractivity (Wildman–Crippen MR) is 291 cm³/mol. The molecule has 10 N–H and O–H groups in total. The van der Waals surface area contributed by atoms with Gasteiger partial charge in [-0.2, -0.15) is 9.97 Å². The number of benzene rings is 4. The maximum atomic E-state index is 12.2. The van der Waals surface area contributed by atoms with Crippen molar-refractivity contribution >= 4 is 69.8 Å². The van der Waals surface area contributed by atoms with Gasteiger partial charge in [0.15, 0.2) is 0 Å². The van der Waals surface area contributed by atoms with Crippen molar-refractivity contribution in [3.63, 3.8) is 0 Å². The summed E-state index contributed by atoms with van der Waals surface area (Å²) in [6.45, 7) is 12.0. The Hall–Kier alpha value is -10.2. The first-order chi connectivity index (χ1) is 39.3. The summed E-state index contributed by atoms with van der Waals surface area (Å²) in [6.07, 6.45) is 5.41. The maximum absolute atomic E-state index is 12.2. The molecule has 0 spiro atoms. The Bertz CT molecular complexity index is 3410. The number of quaternary nitrogens is 2. The summed E-state index contributed by atoms with van der Waals surface area (Å²) in [5.41, 5.74) is -0.552. The van der Waals surface area contributed by atoms with Crippen molar-refractivity contribution in [2.75, 3.05) is 62.2 Å². The number of fused-ring (bicyclic) bond motifs is 2. The minimum Gasteiger partial charge on any atom is -0.545 e. The molecule has 2 aliphatic heterocycles. The van der Waals surface area contributed by atoms with E-state index in [-0.39, 0.29) is 72.2 Å². The van der Waals surface area contributed by atoms with Crippen LogP contribution in [0.5, 0.6) is 23.0 Å². The van der Waals surface area contributed by atoms with E-state index >= 15 is 0 Å². The Labute approximate surface area is 492 Å². The molecule has 0 aliphatic carbocycles. The number of carboxylic acids is 6. The third-order valence-corrected chi connectivity index (χ3v) is 12.6. The zero-order valence-corrected chi connectivity index (χ0v) is 46.2. The maximum Gasteiger partial charge on any atom is 2.00 e. The fraction of sp³-hybridized carbons (Fsp3) is 0.214. The number of aryl methyl sites for hydroxylation is 2. The number of carboxylic acid groups (broad SMARTS) is 6. The van der Waals surface area contributed by atoms with Crippen LogP contribution in [-0.4, -0.2) is 138 Å². The Kier molecular flexibility index (Phi) is 24.8. The van der Waals surface area contributed by atoms with Gasteiger partial charge in [0.2, 0.25) is 22.8 Å². The molecule has 28 nitrogen and oxygen atoms in total. The Morgan fingerprint density at radius 2 is 0.765 bits per heavy atom. The number of aromatic carboxylic acids is 6. The molecule has 2 fully saturated rings. The Morgan fingerprint density at radius 3 is 1.01 bits per heavy atom. The second kappa shape index (κ2) is 31.3. The predicted octanol–water partition coefficient (Wildman–Crippen LogP) is -3.45. The third kappa shape index (κ3) is 17.4. The second-order valence-electron chi connectivity index (χ2n) is 17.9. The van der Waals surface area contributed by atoms with Crippen LogP contribution < -0.4 is 61.2 Å². The SMILES string of the molecule is CCn1cc(C(=O)[O-])c(=O)c2cnc(N3CC[NH2+]CC3)nc21.CCn1cc(C(=O)[O-])c(=O)c2cnc(N3CC[NH2+]CC3)nc21.O.O.O=C([O-])c1ccc(Oc2ccc(C(=O)O)cc2)cc1.O=C([O-])c1ccc(Oc2ccc(C(=O)O)cc2)cc1.[Cu+2]. The minimum atomic E-state index is -1.48. The van der Waals surface area contributed by atoms with Gasteiger partial charge in [0.1, 0.15) is 34.3 Å². The molecule has 8 aromatic rings. The van der Waals surface area contributed by atoms with Gasteiger partial charge < -0.3 is 99.8 Å². The van der Waals surface area contributed by atoms with Crippen LogP contribution in [0.3, 0.4) is 0 Å². The number of nitrogens with zero attached hydrogens (tertiary/aromatic N) is 8. The minimum absolute atomic E-state index is 0. The number of hydrogen-bond acceptors (Lipinski definition) is 20. The molecule has 2 saturated heterocycles. The largest absolute Gasteiger partial charge is 2.00 e. The zero-order valence-electron chi connectivity index (χ0n) is 45.3. The van der Waals surface area contributed by atoms with Crippen LogP contribution >= 0.6 is 0 Å². The number of piperazine rings is 2. The van der Waals surface area contributed by atoms with Crippen molar-refractivity contribution in [2.45, 2.75) is 26.9 Å². The van der Waals surface area contributed by atoms with Crippen LogP contribution in [0.25, 0.3) is 22.1 Å². The average Bonchev–Trinajstić information content (AvgIpc) is 3.29. The normalized spacial score (nSPS) is 12.3. The van der Waals surface area contributed by atoms with Gasteiger partial charge in [-0.3, -0.25) is 9.59 Å². The summed E-state index contributed by atoms with van der Waals surface area (Å²) in [4.78, 5) is 111. The van der Waals surface area contributed by atoms with E-state index in [1.807, 2.05) is 13.8 Å². The molecule has 1 radical (unpaired) electrons. The number of rotatable bonds is 14. The van der Waals surface area contributed by atoms with Gasteiger partial charge in [0, 0.05) is 37.9 Å². The quantitative estimate of drug-likeness (QED) is 0.0769. The van der Waals surface area contributed by atoms with Gasteiger partial charge >= 0.3 is 29.0 Å². The fourth-order valence-corrected chi connectivity index (χ4v) is 8.23. The molecule has 10 rings (SSSR count). The van der Waals surface area contributed by atoms with E-state index in [1.165, 1.54) is 122 Å². The monoisotopic (exact) mass is 1220 g/mol. The molecule has 0 atom stereocenters. The summed E-state index contributed by atoms with van der Waals surface area (Å²) >= 11 is 0. The third-order valence-electron chi connectivity index (χ3n) is 12.6.